The average molecular weight is 338 g/mol. The van der Waals surface area contributed by atoms with Crippen LogP contribution >= 0.6 is 15.9 Å². The monoisotopic (exact) mass is 337 g/mol. The molecule has 20 heavy (non-hydrogen) atoms. The molecule has 0 unspecified atom stereocenters. The van der Waals surface area contributed by atoms with E-state index in [1.54, 1.807) is 30.3 Å². The molecule has 0 saturated heterocycles. The first-order valence-corrected chi connectivity index (χ1v) is 6.81. The van der Waals surface area contributed by atoms with E-state index < -0.39 is 0 Å². The van der Waals surface area contributed by atoms with Crippen LogP contribution in [0.5, 0.6) is 0 Å². The fourth-order valence-electron chi connectivity index (χ4n) is 1.79. The molecule has 3 nitrogen and oxygen atoms in total. The zero-order valence-electron chi connectivity index (χ0n) is 10.6. The molecule has 0 fully saturated rings. The van der Waals surface area contributed by atoms with E-state index in [-0.39, 0.29) is 18.3 Å². The number of aliphatic hydroxyl groups excluding tert-OH is 1. The summed E-state index contributed by atoms with van der Waals surface area (Å²) >= 11 is 3.29. The van der Waals surface area contributed by atoms with Crippen LogP contribution in [-0.2, 0) is 13.2 Å². The van der Waals surface area contributed by atoms with Gasteiger partial charge in [-0.2, -0.15) is 0 Å². The van der Waals surface area contributed by atoms with Gasteiger partial charge in [-0.3, -0.25) is 4.79 Å². The molecule has 2 aromatic rings. The molecule has 2 aromatic carbocycles. The van der Waals surface area contributed by atoms with Gasteiger partial charge in [-0.05, 0) is 41.5 Å². The number of hydrogen-bond donors (Lipinski definition) is 2. The van der Waals surface area contributed by atoms with Crippen molar-refractivity contribution in [3.05, 3.63) is 69.4 Å². The van der Waals surface area contributed by atoms with E-state index in [0.29, 0.717) is 17.7 Å². The number of rotatable bonds is 4. The minimum atomic E-state index is -0.310. The predicted molar refractivity (Wildman–Crippen MR) is 77.6 cm³/mol. The third kappa shape index (κ3) is 3.65. The van der Waals surface area contributed by atoms with Crippen LogP contribution in [0, 0.1) is 5.82 Å². The zero-order valence-corrected chi connectivity index (χ0v) is 12.2. The second-order valence-electron chi connectivity index (χ2n) is 4.27. The van der Waals surface area contributed by atoms with Crippen molar-refractivity contribution in [2.24, 2.45) is 0 Å². The minimum Gasteiger partial charge on any atom is -0.392 e. The number of carbonyl (C=O) groups excluding carboxylic acids is 1. The average Bonchev–Trinajstić information content (AvgIpc) is 2.46. The number of nitrogens with one attached hydrogen (secondary N) is 1. The standard InChI is InChI=1S/C15H13BrFNO2/c16-12-3-6-14(11(7-12)9-19)15(20)18-8-10-1-4-13(17)5-2-10/h1-7,19H,8-9H2,(H,18,20). The number of hydrogen-bond acceptors (Lipinski definition) is 2. The van der Waals surface area contributed by atoms with Gasteiger partial charge in [0.05, 0.1) is 6.61 Å². The van der Waals surface area contributed by atoms with Gasteiger partial charge in [0.1, 0.15) is 5.82 Å². The first-order valence-electron chi connectivity index (χ1n) is 6.02. The Bertz CT molecular complexity index is 614. The van der Waals surface area contributed by atoms with E-state index in [2.05, 4.69) is 21.2 Å². The molecule has 0 atom stereocenters. The molecular weight excluding hydrogens is 325 g/mol. The van der Waals surface area contributed by atoms with Crippen molar-refractivity contribution < 1.29 is 14.3 Å². The van der Waals surface area contributed by atoms with Crippen molar-refractivity contribution in [3.63, 3.8) is 0 Å². The molecule has 0 aliphatic heterocycles. The highest BCUT2D eigenvalue weighted by Gasteiger charge is 2.11. The van der Waals surface area contributed by atoms with Crippen LogP contribution in [0.2, 0.25) is 0 Å². The molecule has 0 saturated carbocycles. The lowest BCUT2D eigenvalue weighted by Gasteiger charge is -2.09. The molecule has 1 amide bonds. The molecule has 0 heterocycles. The van der Waals surface area contributed by atoms with E-state index in [1.165, 1.54) is 12.1 Å². The van der Waals surface area contributed by atoms with Crippen LogP contribution in [0.25, 0.3) is 0 Å². The Hall–Kier alpha value is -1.72. The summed E-state index contributed by atoms with van der Waals surface area (Å²) in [4.78, 5) is 12.1. The van der Waals surface area contributed by atoms with Gasteiger partial charge < -0.3 is 10.4 Å². The lowest BCUT2D eigenvalue weighted by molar-refractivity contribution is 0.0948. The van der Waals surface area contributed by atoms with Crippen LogP contribution in [0.1, 0.15) is 21.5 Å². The highest BCUT2D eigenvalue weighted by molar-refractivity contribution is 9.10. The lowest BCUT2D eigenvalue weighted by atomic mass is 10.1. The van der Waals surface area contributed by atoms with Gasteiger partial charge in [0.15, 0.2) is 0 Å². The predicted octanol–water partition coefficient (Wildman–Crippen LogP) is 3.01. The summed E-state index contributed by atoms with van der Waals surface area (Å²) in [5, 5.41) is 12.0. The molecule has 0 radical (unpaired) electrons. The SMILES string of the molecule is O=C(NCc1ccc(F)cc1)c1ccc(Br)cc1CO. The Morgan fingerprint density at radius 3 is 2.55 bits per heavy atom. The van der Waals surface area contributed by atoms with Gasteiger partial charge in [0.2, 0.25) is 0 Å². The molecule has 0 aromatic heterocycles. The Morgan fingerprint density at radius 1 is 1.20 bits per heavy atom. The van der Waals surface area contributed by atoms with Crippen molar-refractivity contribution in [1.29, 1.82) is 0 Å². The van der Waals surface area contributed by atoms with Gasteiger partial charge >= 0.3 is 0 Å². The summed E-state index contributed by atoms with van der Waals surface area (Å²) < 4.78 is 13.6. The molecule has 0 aliphatic rings. The van der Waals surface area contributed by atoms with E-state index in [1.807, 2.05) is 0 Å². The fourth-order valence-corrected chi connectivity index (χ4v) is 2.20. The first-order chi connectivity index (χ1) is 9.60. The Labute approximate surface area is 124 Å². The summed E-state index contributed by atoms with van der Waals surface area (Å²) in [6, 6.07) is 11.0. The molecular formula is C15H13BrFNO2. The third-order valence-corrected chi connectivity index (χ3v) is 3.34. The summed E-state index contributed by atoms with van der Waals surface area (Å²) in [6.45, 7) is 0.0960. The molecule has 104 valence electrons. The summed E-state index contributed by atoms with van der Waals surface area (Å²) in [6.07, 6.45) is 0. The van der Waals surface area contributed by atoms with Crippen LogP contribution in [-0.4, -0.2) is 11.0 Å². The minimum absolute atomic E-state index is 0.210. The molecule has 0 aliphatic carbocycles. The third-order valence-electron chi connectivity index (χ3n) is 2.85. The lowest BCUT2D eigenvalue weighted by Crippen LogP contribution is -2.24. The number of halogens is 2. The summed E-state index contributed by atoms with van der Waals surface area (Å²) in [7, 11) is 0. The largest absolute Gasteiger partial charge is 0.392 e. The maximum absolute atomic E-state index is 12.8. The Balaban J connectivity index is 2.07. The number of carbonyl (C=O) groups is 1. The second-order valence-corrected chi connectivity index (χ2v) is 5.18. The molecule has 2 N–H and O–H groups in total. The number of aliphatic hydroxyl groups is 1. The molecule has 2 rings (SSSR count). The smallest absolute Gasteiger partial charge is 0.251 e. The topological polar surface area (TPSA) is 49.3 Å². The van der Waals surface area contributed by atoms with Crippen molar-refractivity contribution in [1.82, 2.24) is 5.32 Å². The van der Waals surface area contributed by atoms with Crippen molar-refractivity contribution in [2.45, 2.75) is 13.2 Å². The summed E-state index contributed by atoms with van der Waals surface area (Å²) in [5.74, 6) is -0.582. The first kappa shape index (κ1) is 14.7. The normalized spacial score (nSPS) is 10.3. The molecule has 5 heteroatoms. The highest BCUT2D eigenvalue weighted by atomic mass is 79.9. The van der Waals surface area contributed by atoms with Gasteiger partial charge in [0.25, 0.3) is 5.91 Å². The highest BCUT2D eigenvalue weighted by Crippen LogP contribution is 2.17. The zero-order chi connectivity index (χ0) is 14.5. The Kier molecular flexibility index (Phi) is 4.87. The van der Waals surface area contributed by atoms with E-state index in [9.17, 15) is 14.3 Å². The van der Waals surface area contributed by atoms with Gasteiger partial charge in [0, 0.05) is 16.6 Å². The van der Waals surface area contributed by atoms with Gasteiger partial charge in [-0.1, -0.05) is 28.1 Å². The van der Waals surface area contributed by atoms with Gasteiger partial charge in [-0.15, -0.1) is 0 Å². The van der Waals surface area contributed by atoms with E-state index >= 15 is 0 Å². The maximum atomic E-state index is 12.8. The quantitative estimate of drug-likeness (QED) is 0.900. The fraction of sp³-hybridized carbons (Fsp3) is 0.133. The van der Waals surface area contributed by atoms with Crippen molar-refractivity contribution in [2.75, 3.05) is 0 Å². The van der Waals surface area contributed by atoms with Crippen LogP contribution in [0.4, 0.5) is 4.39 Å². The second kappa shape index (κ2) is 6.63. The molecule has 0 spiro atoms. The number of amides is 1. The molecule has 0 bridgehead atoms. The van der Waals surface area contributed by atoms with Crippen LogP contribution in [0.15, 0.2) is 46.9 Å². The van der Waals surface area contributed by atoms with Crippen molar-refractivity contribution in [3.8, 4) is 0 Å². The van der Waals surface area contributed by atoms with Crippen LogP contribution < -0.4 is 5.32 Å². The van der Waals surface area contributed by atoms with E-state index in [0.717, 1.165) is 10.0 Å². The van der Waals surface area contributed by atoms with E-state index in [4.69, 9.17) is 0 Å². The van der Waals surface area contributed by atoms with Crippen molar-refractivity contribution >= 4 is 21.8 Å². The maximum Gasteiger partial charge on any atom is 0.251 e. The Morgan fingerprint density at radius 2 is 1.90 bits per heavy atom. The van der Waals surface area contributed by atoms with Crippen LogP contribution in [0.3, 0.4) is 0 Å². The van der Waals surface area contributed by atoms with Gasteiger partial charge in [-0.25, -0.2) is 4.39 Å². The number of benzene rings is 2. The summed E-state index contributed by atoms with van der Waals surface area (Å²) in [5.41, 5.74) is 1.79.